The lowest BCUT2D eigenvalue weighted by atomic mass is 10.1. The molecule has 0 amide bonds. The molecule has 0 bridgehead atoms. The van der Waals surface area contributed by atoms with Crippen LogP contribution in [0.2, 0.25) is 5.02 Å². The first-order valence-electron chi connectivity index (χ1n) is 6.52. The van der Waals surface area contributed by atoms with Gasteiger partial charge in [-0.15, -0.1) is 0 Å². The number of rotatable bonds is 4. The first-order valence-corrected chi connectivity index (χ1v) is 11.0. The maximum Gasteiger partial charge on any atom is 0.244 e. The highest BCUT2D eigenvalue weighted by Gasteiger charge is 2.31. The molecular formula is C12H16BrClN2O4S2. The summed E-state index contributed by atoms with van der Waals surface area (Å²) in [5.74, 6) is 0. The third-order valence-corrected chi connectivity index (χ3v) is 6.98. The summed E-state index contributed by atoms with van der Waals surface area (Å²) in [5.41, 5.74) is 0. The van der Waals surface area contributed by atoms with Gasteiger partial charge in [-0.3, -0.25) is 0 Å². The van der Waals surface area contributed by atoms with E-state index in [2.05, 4.69) is 20.7 Å². The Morgan fingerprint density at radius 3 is 2.32 bits per heavy atom. The predicted octanol–water partition coefficient (Wildman–Crippen LogP) is 1.80. The number of nitrogens with one attached hydrogen (secondary N) is 1. The van der Waals surface area contributed by atoms with Crippen molar-refractivity contribution >= 4 is 47.6 Å². The van der Waals surface area contributed by atoms with Crippen LogP contribution in [0.15, 0.2) is 27.6 Å². The zero-order valence-electron chi connectivity index (χ0n) is 11.8. The molecule has 0 aromatic heterocycles. The van der Waals surface area contributed by atoms with E-state index in [0.717, 1.165) is 6.26 Å². The van der Waals surface area contributed by atoms with E-state index in [1.54, 1.807) is 6.07 Å². The largest absolute Gasteiger partial charge is 0.244 e. The van der Waals surface area contributed by atoms with Crippen LogP contribution in [0.4, 0.5) is 0 Å². The average molecular weight is 432 g/mol. The van der Waals surface area contributed by atoms with E-state index in [1.165, 1.54) is 16.4 Å². The van der Waals surface area contributed by atoms with Crippen molar-refractivity contribution in [3.8, 4) is 0 Å². The van der Waals surface area contributed by atoms with Crippen molar-refractivity contribution in [3.05, 3.63) is 27.7 Å². The van der Waals surface area contributed by atoms with Crippen LogP contribution in [0.3, 0.4) is 0 Å². The third-order valence-electron chi connectivity index (χ3n) is 3.35. The standard InChI is InChI=1S/C12H16BrClN2O4S2/c1-21(17,18)15-10-4-6-16(7-5-10)22(19,20)12-3-2-9(13)8-11(12)14/h2-3,8,10,15H,4-7H2,1H3. The molecule has 2 rings (SSSR count). The minimum atomic E-state index is -3.67. The van der Waals surface area contributed by atoms with Crippen LogP contribution in [0.25, 0.3) is 0 Å². The van der Waals surface area contributed by atoms with Crippen molar-refractivity contribution in [2.75, 3.05) is 19.3 Å². The van der Waals surface area contributed by atoms with Crippen LogP contribution < -0.4 is 4.72 Å². The second-order valence-corrected chi connectivity index (χ2v) is 10.2. The van der Waals surface area contributed by atoms with Crippen LogP contribution >= 0.6 is 27.5 Å². The van der Waals surface area contributed by atoms with Crippen molar-refractivity contribution in [3.63, 3.8) is 0 Å². The van der Waals surface area contributed by atoms with Crippen molar-refractivity contribution in [2.24, 2.45) is 0 Å². The molecule has 1 aliphatic heterocycles. The van der Waals surface area contributed by atoms with Crippen molar-refractivity contribution in [1.29, 1.82) is 0 Å². The Morgan fingerprint density at radius 2 is 1.82 bits per heavy atom. The SMILES string of the molecule is CS(=O)(=O)NC1CCN(S(=O)(=O)c2ccc(Br)cc2Cl)CC1. The van der Waals surface area contributed by atoms with Crippen LogP contribution in [0.5, 0.6) is 0 Å². The molecule has 0 saturated carbocycles. The van der Waals surface area contributed by atoms with Gasteiger partial charge in [0.15, 0.2) is 0 Å². The van der Waals surface area contributed by atoms with E-state index >= 15 is 0 Å². The molecule has 1 aromatic rings. The van der Waals surface area contributed by atoms with Crippen molar-refractivity contribution in [1.82, 2.24) is 9.03 Å². The molecule has 1 aliphatic rings. The van der Waals surface area contributed by atoms with E-state index in [9.17, 15) is 16.8 Å². The molecule has 0 radical (unpaired) electrons. The van der Waals surface area contributed by atoms with Gasteiger partial charge in [-0.2, -0.15) is 4.31 Å². The lowest BCUT2D eigenvalue weighted by Gasteiger charge is -2.31. The first-order chi connectivity index (χ1) is 10.1. The number of sulfonamides is 2. The van der Waals surface area contributed by atoms with Gasteiger partial charge in [-0.05, 0) is 31.0 Å². The maximum atomic E-state index is 12.6. The summed E-state index contributed by atoms with van der Waals surface area (Å²) in [5, 5.41) is 0.158. The number of hydrogen-bond acceptors (Lipinski definition) is 4. The van der Waals surface area contributed by atoms with Gasteiger partial charge in [0.25, 0.3) is 0 Å². The fourth-order valence-electron chi connectivity index (χ4n) is 2.34. The topological polar surface area (TPSA) is 83.6 Å². The average Bonchev–Trinajstić information content (AvgIpc) is 2.36. The number of benzene rings is 1. The smallest absolute Gasteiger partial charge is 0.213 e. The fraction of sp³-hybridized carbons (Fsp3) is 0.500. The van der Waals surface area contributed by atoms with Crippen molar-refractivity contribution < 1.29 is 16.8 Å². The lowest BCUT2D eigenvalue weighted by Crippen LogP contribution is -2.46. The van der Waals surface area contributed by atoms with E-state index in [1.807, 2.05) is 0 Å². The number of hydrogen-bond donors (Lipinski definition) is 1. The van der Waals surface area contributed by atoms with Crippen LogP contribution in [0, 0.1) is 0 Å². The van der Waals surface area contributed by atoms with Crippen LogP contribution in [0.1, 0.15) is 12.8 Å². The Bertz CT molecular complexity index is 759. The van der Waals surface area contributed by atoms with E-state index in [4.69, 9.17) is 11.6 Å². The number of piperidine rings is 1. The molecule has 22 heavy (non-hydrogen) atoms. The molecule has 0 unspecified atom stereocenters. The third kappa shape index (κ3) is 4.42. The summed E-state index contributed by atoms with van der Waals surface area (Å²) in [6, 6.07) is 4.38. The van der Waals surface area contributed by atoms with Gasteiger partial charge in [0.05, 0.1) is 11.3 Å². The summed E-state index contributed by atoms with van der Waals surface area (Å²) >= 11 is 9.26. The Labute approximate surface area is 144 Å². The van der Waals surface area contributed by atoms with Gasteiger partial charge in [-0.1, -0.05) is 27.5 Å². The normalized spacial score (nSPS) is 18.5. The van der Waals surface area contributed by atoms with E-state index < -0.39 is 20.0 Å². The molecule has 6 nitrogen and oxygen atoms in total. The molecule has 1 heterocycles. The molecule has 0 spiro atoms. The molecule has 0 atom stereocenters. The molecule has 0 aliphatic carbocycles. The van der Waals surface area contributed by atoms with Gasteiger partial charge in [0.1, 0.15) is 4.90 Å². The molecule has 10 heteroatoms. The van der Waals surface area contributed by atoms with Crippen molar-refractivity contribution in [2.45, 2.75) is 23.8 Å². The maximum absolute atomic E-state index is 12.6. The second-order valence-electron chi connectivity index (χ2n) is 5.14. The molecule has 124 valence electrons. The summed E-state index contributed by atoms with van der Waals surface area (Å²) in [4.78, 5) is 0.0619. The van der Waals surface area contributed by atoms with Gasteiger partial charge in [0, 0.05) is 23.6 Å². The Morgan fingerprint density at radius 1 is 1.23 bits per heavy atom. The monoisotopic (exact) mass is 430 g/mol. The molecule has 1 saturated heterocycles. The highest BCUT2D eigenvalue weighted by Crippen LogP contribution is 2.29. The van der Waals surface area contributed by atoms with Gasteiger partial charge in [0.2, 0.25) is 20.0 Å². The zero-order chi connectivity index (χ0) is 16.5. The summed E-state index contributed by atoms with van der Waals surface area (Å²) in [6.07, 6.45) is 1.96. The molecule has 1 fully saturated rings. The second kappa shape index (κ2) is 6.74. The first kappa shape index (κ1) is 18.2. The molecule has 1 N–H and O–H groups in total. The van der Waals surface area contributed by atoms with E-state index in [-0.39, 0.29) is 29.0 Å². The highest BCUT2D eigenvalue weighted by atomic mass is 79.9. The quantitative estimate of drug-likeness (QED) is 0.788. The summed E-state index contributed by atoms with van der Waals surface area (Å²) < 4.78 is 52.2. The predicted molar refractivity (Wildman–Crippen MR) is 88.9 cm³/mol. The Kier molecular flexibility index (Phi) is 5.56. The van der Waals surface area contributed by atoms with Gasteiger partial charge in [-0.25, -0.2) is 21.6 Å². The zero-order valence-corrected chi connectivity index (χ0v) is 15.8. The fourth-order valence-corrected chi connectivity index (χ4v) is 5.66. The molecule has 1 aromatic carbocycles. The van der Waals surface area contributed by atoms with Gasteiger partial charge < -0.3 is 0 Å². The van der Waals surface area contributed by atoms with Crippen LogP contribution in [-0.2, 0) is 20.0 Å². The highest BCUT2D eigenvalue weighted by molar-refractivity contribution is 9.10. The molecular weight excluding hydrogens is 416 g/mol. The Hall–Kier alpha value is -0.190. The van der Waals surface area contributed by atoms with E-state index in [0.29, 0.717) is 17.3 Å². The number of halogens is 2. The number of nitrogens with zero attached hydrogens (tertiary/aromatic N) is 1. The van der Waals surface area contributed by atoms with Gasteiger partial charge >= 0.3 is 0 Å². The summed E-state index contributed by atoms with van der Waals surface area (Å²) in [6.45, 7) is 0.504. The lowest BCUT2D eigenvalue weighted by molar-refractivity contribution is 0.309. The van der Waals surface area contributed by atoms with Crippen LogP contribution in [-0.4, -0.2) is 46.5 Å². The minimum Gasteiger partial charge on any atom is -0.213 e. The Balaban J connectivity index is 2.13. The minimum absolute atomic E-state index is 0.0619. The summed E-state index contributed by atoms with van der Waals surface area (Å²) in [7, 11) is -6.96.